The molecule has 1 aliphatic heterocycles. The summed E-state index contributed by atoms with van der Waals surface area (Å²) in [5.41, 5.74) is 1.03. The maximum absolute atomic E-state index is 12.0. The second-order valence-electron chi connectivity index (χ2n) is 8.95. The molecule has 1 saturated heterocycles. The Kier molecular flexibility index (Phi) is 5.19. The van der Waals surface area contributed by atoms with Crippen LogP contribution in [0.25, 0.3) is 0 Å². The largest absolute Gasteiger partial charge is 0.462 e. The molecule has 5 unspecified atom stereocenters. The summed E-state index contributed by atoms with van der Waals surface area (Å²) in [5.74, 6) is 0.869. The van der Waals surface area contributed by atoms with E-state index in [1.165, 1.54) is 32.1 Å². The third kappa shape index (κ3) is 3.33. The second kappa shape index (κ2) is 6.75. The van der Waals surface area contributed by atoms with Crippen LogP contribution >= 0.6 is 15.9 Å². The molecule has 0 aromatic carbocycles. The molecule has 0 radical (unpaired) electrons. The van der Waals surface area contributed by atoms with Crippen LogP contribution in [0.15, 0.2) is 10.6 Å². The molecule has 136 valence electrons. The first-order valence-corrected chi connectivity index (χ1v) is 10.4. The number of carbonyl (C=O) groups is 1. The van der Waals surface area contributed by atoms with Crippen LogP contribution in [0, 0.1) is 23.2 Å². The van der Waals surface area contributed by atoms with Gasteiger partial charge in [-0.3, -0.25) is 4.79 Å². The number of aliphatic hydroxyl groups is 1. The Labute approximate surface area is 154 Å². The van der Waals surface area contributed by atoms with Crippen LogP contribution in [-0.2, 0) is 9.53 Å². The molecule has 24 heavy (non-hydrogen) atoms. The first kappa shape index (κ1) is 18.4. The molecular formula is C20H31BrO3. The highest BCUT2D eigenvalue weighted by Crippen LogP contribution is 2.58. The van der Waals surface area contributed by atoms with Crippen molar-refractivity contribution in [2.75, 3.05) is 0 Å². The molecule has 3 aliphatic rings. The molecule has 0 amide bonds. The molecule has 1 N–H and O–H groups in total. The van der Waals surface area contributed by atoms with Gasteiger partial charge in [-0.05, 0) is 81.0 Å². The van der Waals surface area contributed by atoms with Gasteiger partial charge in [-0.2, -0.15) is 0 Å². The minimum atomic E-state index is -0.977. The summed E-state index contributed by atoms with van der Waals surface area (Å²) in [4.78, 5) is 14.2. The van der Waals surface area contributed by atoms with Crippen LogP contribution in [0.5, 0.6) is 0 Å². The van der Waals surface area contributed by atoms with E-state index in [2.05, 4.69) is 27.8 Å². The molecule has 1 heterocycles. The lowest BCUT2D eigenvalue weighted by atomic mass is 9.63. The lowest BCUT2D eigenvalue weighted by Crippen LogP contribution is -2.34. The SMILES string of the molecule is CC(C)(O)C1CC(CCC2CCC3/C(=C/Br)CCCC23C)OC1=O. The van der Waals surface area contributed by atoms with Crippen molar-refractivity contribution in [2.45, 2.75) is 83.8 Å². The van der Waals surface area contributed by atoms with Gasteiger partial charge < -0.3 is 9.84 Å². The lowest BCUT2D eigenvalue weighted by molar-refractivity contribution is -0.149. The van der Waals surface area contributed by atoms with Crippen LogP contribution in [-0.4, -0.2) is 22.8 Å². The van der Waals surface area contributed by atoms with Crippen molar-refractivity contribution in [1.29, 1.82) is 0 Å². The van der Waals surface area contributed by atoms with Crippen LogP contribution in [0.2, 0.25) is 0 Å². The van der Waals surface area contributed by atoms with Crippen molar-refractivity contribution < 1.29 is 14.6 Å². The smallest absolute Gasteiger partial charge is 0.312 e. The number of rotatable bonds is 4. The maximum atomic E-state index is 12.0. The van der Waals surface area contributed by atoms with E-state index >= 15 is 0 Å². The number of carbonyl (C=O) groups excluding carboxylic acids is 1. The average molecular weight is 399 g/mol. The summed E-state index contributed by atoms with van der Waals surface area (Å²) in [6.07, 6.45) is 9.19. The van der Waals surface area contributed by atoms with Gasteiger partial charge >= 0.3 is 5.97 Å². The van der Waals surface area contributed by atoms with Crippen LogP contribution in [0.4, 0.5) is 0 Å². The number of halogens is 1. The maximum Gasteiger partial charge on any atom is 0.312 e. The van der Waals surface area contributed by atoms with E-state index in [0.29, 0.717) is 11.8 Å². The third-order valence-corrected chi connectivity index (χ3v) is 7.64. The van der Waals surface area contributed by atoms with Gasteiger partial charge in [-0.15, -0.1) is 0 Å². The normalized spacial score (nSPS) is 41.5. The van der Waals surface area contributed by atoms with Gasteiger partial charge in [0, 0.05) is 6.42 Å². The second-order valence-corrected chi connectivity index (χ2v) is 9.41. The summed E-state index contributed by atoms with van der Waals surface area (Å²) in [6.45, 7) is 5.89. The van der Waals surface area contributed by atoms with Crippen LogP contribution in [0.1, 0.15) is 72.1 Å². The van der Waals surface area contributed by atoms with E-state index in [1.807, 2.05) is 0 Å². The first-order valence-electron chi connectivity index (χ1n) is 9.47. The number of ether oxygens (including phenoxy) is 1. The predicted molar refractivity (Wildman–Crippen MR) is 98.7 cm³/mol. The van der Waals surface area contributed by atoms with E-state index in [9.17, 15) is 9.90 Å². The fraction of sp³-hybridized carbons (Fsp3) is 0.850. The van der Waals surface area contributed by atoms with Crippen molar-refractivity contribution >= 4 is 21.9 Å². The summed E-state index contributed by atoms with van der Waals surface area (Å²) in [6, 6.07) is 0. The number of fused-ring (bicyclic) bond motifs is 1. The highest BCUT2D eigenvalue weighted by atomic mass is 79.9. The number of cyclic esters (lactones) is 1. The van der Waals surface area contributed by atoms with Crippen molar-refractivity contribution in [2.24, 2.45) is 23.2 Å². The molecular weight excluding hydrogens is 368 g/mol. The number of allylic oxidation sites excluding steroid dienone is 1. The van der Waals surface area contributed by atoms with E-state index in [-0.39, 0.29) is 18.0 Å². The van der Waals surface area contributed by atoms with Gasteiger partial charge in [0.1, 0.15) is 6.10 Å². The van der Waals surface area contributed by atoms with E-state index in [1.54, 1.807) is 19.4 Å². The Bertz CT molecular complexity index is 521. The zero-order chi connectivity index (χ0) is 17.5. The fourth-order valence-corrected chi connectivity index (χ4v) is 6.09. The predicted octanol–water partition coefficient (Wildman–Crippen LogP) is 4.96. The number of hydrogen-bond acceptors (Lipinski definition) is 3. The lowest BCUT2D eigenvalue weighted by Gasteiger charge is -2.42. The van der Waals surface area contributed by atoms with Gasteiger partial charge in [0.2, 0.25) is 0 Å². The van der Waals surface area contributed by atoms with Crippen molar-refractivity contribution in [3.8, 4) is 0 Å². The fourth-order valence-electron chi connectivity index (χ4n) is 5.55. The molecule has 4 heteroatoms. The molecule has 3 nitrogen and oxygen atoms in total. The molecule has 0 aromatic heterocycles. The molecule has 0 aromatic rings. The van der Waals surface area contributed by atoms with Crippen LogP contribution in [0.3, 0.4) is 0 Å². The minimum Gasteiger partial charge on any atom is -0.462 e. The average Bonchev–Trinajstić information content (AvgIpc) is 3.04. The molecule has 2 aliphatic carbocycles. The molecule has 0 bridgehead atoms. The van der Waals surface area contributed by atoms with E-state index in [0.717, 1.165) is 24.7 Å². The zero-order valence-corrected chi connectivity index (χ0v) is 16.8. The van der Waals surface area contributed by atoms with Gasteiger partial charge in [0.05, 0.1) is 11.5 Å². The van der Waals surface area contributed by atoms with Gasteiger partial charge in [-0.1, -0.05) is 28.4 Å². The standard InChI is InChI=1S/C20H31BrO3/c1-19(2,23)17-11-15(24-18(17)22)8-6-14-7-9-16-13(12-21)5-4-10-20(14,16)3/h12,14-17,23H,4-11H2,1-3H3/b13-12+. The Hall–Kier alpha value is -0.350. The summed E-state index contributed by atoms with van der Waals surface area (Å²) in [5, 5.41) is 10.1. The van der Waals surface area contributed by atoms with E-state index in [4.69, 9.17) is 4.74 Å². The van der Waals surface area contributed by atoms with Crippen molar-refractivity contribution in [1.82, 2.24) is 0 Å². The molecule has 0 spiro atoms. The Morgan fingerprint density at radius 1 is 1.38 bits per heavy atom. The highest BCUT2D eigenvalue weighted by Gasteiger charge is 2.49. The van der Waals surface area contributed by atoms with Crippen molar-refractivity contribution in [3.63, 3.8) is 0 Å². The molecule has 3 rings (SSSR count). The van der Waals surface area contributed by atoms with Crippen LogP contribution < -0.4 is 0 Å². The number of esters is 1. The minimum absolute atomic E-state index is 0.00801. The number of hydrogen-bond donors (Lipinski definition) is 1. The first-order chi connectivity index (χ1) is 11.3. The monoisotopic (exact) mass is 398 g/mol. The van der Waals surface area contributed by atoms with Gasteiger partial charge in [0.15, 0.2) is 0 Å². The summed E-state index contributed by atoms with van der Waals surface area (Å²) in [7, 11) is 0. The summed E-state index contributed by atoms with van der Waals surface area (Å²) < 4.78 is 5.55. The quantitative estimate of drug-likeness (QED) is 0.680. The van der Waals surface area contributed by atoms with E-state index < -0.39 is 5.60 Å². The zero-order valence-electron chi connectivity index (χ0n) is 15.2. The van der Waals surface area contributed by atoms with Gasteiger partial charge in [0.25, 0.3) is 0 Å². The Morgan fingerprint density at radius 2 is 2.12 bits per heavy atom. The highest BCUT2D eigenvalue weighted by molar-refractivity contribution is 9.11. The molecule has 2 saturated carbocycles. The van der Waals surface area contributed by atoms with Crippen molar-refractivity contribution in [3.05, 3.63) is 10.6 Å². The molecule has 5 atom stereocenters. The summed E-state index contributed by atoms with van der Waals surface area (Å²) >= 11 is 3.57. The Balaban J connectivity index is 1.59. The Morgan fingerprint density at radius 3 is 2.75 bits per heavy atom. The third-order valence-electron chi connectivity index (χ3n) is 7.06. The van der Waals surface area contributed by atoms with Gasteiger partial charge in [-0.25, -0.2) is 0 Å². The molecule has 3 fully saturated rings. The topological polar surface area (TPSA) is 46.5 Å².